The maximum atomic E-state index is 13.7. The highest BCUT2D eigenvalue weighted by Gasteiger charge is 2.66. The first-order valence-electron chi connectivity index (χ1n) is 9.80. The Bertz CT molecular complexity index is 952. The van der Waals surface area contributed by atoms with E-state index in [0.717, 1.165) is 16.8 Å². The second-order valence-corrected chi connectivity index (χ2v) is 8.38. The molecule has 6 rings (SSSR count). The molecule has 1 spiro atoms. The van der Waals surface area contributed by atoms with Crippen molar-refractivity contribution in [2.75, 3.05) is 31.6 Å². The number of carbonyl (C=O) groups is 2. The smallest absolute Gasteiger partial charge is 0.231 e. The molecule has 0 aromatic heterocycles. The van der Waals surface area contributed by atoms with Gasteiger partial charge in [-0.3, -0.25) is 9.59 Å². The molecule has 1 aliphatic carbocycles. The molecule has 4 aliphatic heterocycles. The zero-order chi connectivity index (χ0) is 19.7. The lowest BCUT2D eigenvalue weighted by Gasteiger charge is -2.50. The summed E-state index contributed by atoms with van der Waals surface area (Å²) in [7, 11) is 1.96. The minimum absolute atomic E-state index is 0.0224. The van der Waals surface area contributed by atoms with Crippen molar-refractivity contribution in [3.63, 3.8) is 0 Å². The summed E-state index contributed by atoms with van der Waals surface area (Å²) in [4.78, 5) is 30.5. The van der Waals surface area contributed by atoms with Crippen molar-refractivity contribution in [2.45, 2.75) is 36.3 Å². The zero-order valence-corrected chi connectivity index (χ0v) is 15.9. The minimum atomic E-state index is -1.46. The molecule has 3 atom stereocenters. The van der Waals surface area contributed by atoms with Crippen LogP contribution in [0.15, 0.2) is 47.6 Å². The number of ketones is 1. The molecule has 1 saturated carbocycles. The van der Waals surface area contributed by atoms with Crippen LogP contribution in [0.3, 0.4) is 0 Å². The summed E-state index contributed by atoms with van der Waals surface area (Å²) in [5, 5.41) is 21.4. The molecule has 3 unspecified atom stereocenters. The Hall–Kier alpha value is -2.28. The van der Waals surface area contributed by atoms with E-state index in [0.29, 0.717) is 25.1 Å². The molecular weight excluding hydrogens is 356 g/mol. The standard InChI is InChI=1S/C22H24N2O4/c1-23-10-9-21-15-4-2-3-5-17(15)24-19(27)7-6-16(20(21)24)22(28,12-18(21)26)14(13-23)8-11-25/h2-6,8,20,25,28H,7,9-13H2,1H3. The molecule has 1 aromatic rings. The van der Waals surface area contributed by atoms with Crippen molar-refractivity contribution < 1.29 is 19.8 Å². The Morgan fingerprint density at radius 3 is 2.86 bits per heavy atom. The van der Waals surface area contributed by atoms with Gasteiger partial charge in [-0.2, -0.15) is 0 Å². The van der Waals surface area contributed by atoms with Crippen molar-refractivity contribution in [2.24, 2.45) is 0 Å². The van der Waals surface area contributed by atoms with E-state index in [-0.39, 0.29) is 31.1 Å². The SMILES string of the molecule is CN1CCC23C(=O)CC(O)(C(=CCO)C1)C1=CCC(=O)N(c4ccccc42)C13. The number of aliphatic hydroxyl groups excluding tert-OH is 1. The normalized spacial score (nSPS) is 36.0. The molecule has 3 fully saturated rings. The van der Waals surface area contributed by atoms with Crippen LogP contribution in [0.2, 0.25) is 0 Å². The summed E-state index contributed by atoms with van der Waals surface area (Å²) in [6, 6.07) is 7.18. The van der Waals surface area contributed by atoms with Crippen molar-refractivity contribution in [3.8, 4) is 0 Å². The Balaban J connectivity index is 1.83. The van der Waals surface area contributed by atoms with E-state index >= 15 is 0 Å². The fraction of sp³-hybridized carbons (Fsp3) is 0.455. The molecule has 6 heteroatoms. The van der Waals surface area contributed by atoms with Gasteiger partial charge in [-0.1, -0.05) is 30.4 Å². The quantitative estimate of drug-likeness (QED) is 0.709. The second-order valence-electron chi connectivity index (χ2n) is 8.38. The van der Waals surface area contributed by atoms with Gasteiger partial charge < -0.3 is 20.0 Å². The summed E-state index contributed by atoms with van der Waals surface area (Å²) in [5.74, 6) is -0.0682. The minimum Gasteiger partial charge on any atom is -0.392 e. The van der Waals surface area contributed by atoms with E-state index in [2.05, 4.69) is 4.90 Å². The number of benzene rings is 1. The van der Waals surface area contributed by atoms with Gasteiger partial charge in [0.05, 0.1) is 18.1 Å². The molecule has 2 saturated heterocycles. The summed E-state index contributed by atoms with van der Waals surface area (Å²) in [6.45, 7) is 0.927. The number of nitrogens with zero attached hydrogens (tertiary/aromatic N) is 2. The number of likely N-dealkylation sites (N-methyl/N-ethyl adjacent to an activating group) is 1. The molecule has 5 aliphatic rings. The highest BCUT2D eigenvalue weighted by Crippen LogP contribution is 2.59. The molecule has 4 heterocycles. The highest BCUT2D eigenvalue weighted by atomic mass is 16.3. The number of aliphatic hydroxyl groups is 2. The average molecular weight is 380 g/mol. The number of anilines is 1. The van der Waals surface area contributed by atoms with Crippen LogP contribution in [0, 0.1) is 0 Å². The van der Waals surface area contributed by atoms with Crippen molar-refractivity contribution >= 4 is 17.4 Å². The van der Waals surface area contributed by atoms with E-state index in [9.17, 15) is 19.8 Å². The van der Waals surface area contributed by atoms with E-state index in [4.69, 9.17) is 0 Å². The van der Waals surface area contributed by atoms with Crippen LogP contribution in [0.4, 0.5) is 5.69 Å². The summed E-state index contributed by atoms with van der Waals surface area (Å²) >= 11 is 0. The third-order valence-corrected chi connectivity index (χ3v) is 7.02. The first kappa shape index (κ1) is 17.8. The Labute approximate surface area is 163 Å². The lowest BCUT2D eigenvalue weighted by Crippen LogP contribution is -2.63. The molecule has 6 nitrogen and oxygen atoms in total. The van der Waals surface area contributed by atoms with Gasteiger partial charge in [0.25, 0.3) is 0 Å². The Kier molecular flexibility index (Phi) is 3.72. The fourth-order valence-electron chi connectivity index (χ4n) is 5.77. The van der Waals surface area contributed by atoms with Gasteiger partial charge in [-0.05, 0) is 42.8 Å². The number of amides is 1. The van der Waals surface area contributed by atoms with Crippen LogP contribution in [-0.4, -0.2) is 65.2 Å². The van der Waals surface area contributed by atoms with Crippen LogP contribution in [-0.2, 0) is 15.0 Å². The molecule has 1 amide bonds. The van der Waals surface area contributed by atoms with Gasteiger partial charge in [-0.15, -0.1) is 0 Å². The number of carbonyl (C=O) groups excluding carboxylic acids is 2. The van der Waals surface area contributed by atoms with Crippen LogP contribution in [0.5, 0.6) is 0 Å². The number of fused-ring (bicyclic) bond motifs is 7. The predicted octanol–water partition coefficient (Wildman–Crippen LogP) is 0.928. The van der Waals surface area contributed by atoms with E-state index in [1.807, 2.05) is 37.4 Å². The molecule has 146 valence electrons. The predicted molar refractivity (Wildman–Crippen MR) is 104 cm³/mol. The van der Waals surface area contributed by atoms with Crippen molar-refractivity contribution in [3.05, 3.63) is 53.1 Å². The monoisotopic (exact) mass is 380 g/mol. The number of hydrogen-bond donors (Lipinski definition) is 2. The zero-order valence-electron chi connectivity index (χ0n) is 15.9. The van der Waals surface area contributed by atoms with Crippen molar-refractivity contribution in [1.82, 2.24) is 4.90 Å². The maximum absolute atomic E-state index is 13.7. The third-order valence-electron chi connectivity index (χ3n) is 7.02. The van der Waals surface area contributed by atoms with Crippen molar-refractivity contribution in [1.29, 1.82) is 0 Å². The first-order chi connectivity index (χ1) is 13.4. The average Bonchev–Trinajstić information content (AvgIpc) is 3.00. The van der Waals surface area contributed by atoms with Gasteiger partial charge in [0.2, 0.25) is 5.91 Å². The van der Waals surface area contributed by atoms with Gasteiger partial charge in [0.1, 0.15) is 11.4 Å². The number of hydrogen-bond acceptors (Lipinski definition) is 5. The topological polar surface area (TPSA) is 81.1 Å². The van der Waals surface area contributed by atoms with Gasteiger partial charge >= 0.3 is 0 Å². The van der Waals surface area contributed by atoms with Crippen LogP contribution < -0.4 is 4.90 Å². The molecule has 0 radical (unpaired) electrons. The van der Waals surface area contributed by atoms with Crippen LogP contribution in [0.1, 0.15) is 24.8 Å². The molecule has 2 bridgehead atoms. The fourth-order valence-corrected chi connectivity index (χ4v) is 5.77. The highest BCUT2D eigenvalue weighted by molar-refractivity contribution is 6.08. The summed E-state index contributed by atoms with van der Waals surface area (Å²) in [6.07, 6.45) is 4.22. The summed E-state index contributed by atoms with van der Waals surface area (Å²) in [5.41, 5.74) is 0.768. The van der Waals surface area contributed by atoms with E-state index in [1.54, 1.807) is 11.0 Å². The number of para-hydroxylation sites is 1. The molecule has 28 heavy (non-hydrogen) atoms. The summed E-state index contributed by atoms with van der Waals surface area (Å²) < 4.78 is 0. The van der Waals surface area contributed by atoms with Gasteiger partial charge in [0, 0.05) is 25.1 Å². The van der Waals surface area contributed by atoms with Crippen LogP contribution >= 0.6 is 0 Å². The lowest BCUT2D eigenvalue weighted by atomic mass is 9.57. The molecule has 2 N–H and O–H groups in total. The second kappa shape index (κ2) is 5.86. The molecule has 1 aromatic carbocycles. The first-order valence-corrected chi connectivity index (χ1v) is 9.80. The third kappa shape index (κ3) is 2.03. The Morgan fingerprint density at radius 1 is 1.29 bits per heavy atom. The van der Waals surface area contributed by atoms with Crippen LogP contribution in [0.25, 0.3) is 0 Å². The Morgan fingerprint density at radius 2 is 2.07 bits per heavy atom. The number of Topliss-reactive ketones (excluding diaryl/α,β-unsaturated/α-hetero) is 1. The maximum Gasteiger partial charge on any atom is 0.231 e. The lowest BCUT2D eigenvalue weighted by molar-refractivity contribution is -0.131. The largest absolute Gasteiger partial charge is 0.392 e. The molecular formula is C22H24N2O4. The number of rotatable bonds is 1. The van der Waals surface area contributed by atoms with E-state index < -0.39 is 17.1 Å². The van der Waals surface area contributed by atoms with Gasteiger partial charge in [0.15, 0.2) is 0 Å². The van der Waals surface area contributed by atoms with Gasteiger partial charge in [-0.25, -0.2) is 0 Å². The van der Waals surface area contributed by atoms with E-state index in [1.165, 1.54) is 0 Å².